The number of aliphatic hydroxyl groups is 1. The van der Waals surface area contributed by atoms with E-state index in [0.717, 1.165) is 25.0 Å². The number of aryl methyl sites for hydroxylation is 2. The fraction of sp³-hybridized carbons (Fsp3) is 0.417. The van der Waals surface area contributed by atoms with Gasteiger partial charge < -0.3 is 14.6 Å². The molecule has 0 amide bonds. The van der Waals surface area contributed by atoms with Crippen LogP contribution in [0, 0.1) is 13.8 Å². The van der Waals surface area contributed by atoms with Gasteiger partial charge in [0.05, 0.1) is 9.79 Å². The number of benzene rings is 2. The zero-order valence-corrected chi connectivity index (χ0v) is 22.2. The Morgan fingerprint density at radius 3 is 1.32 bits per heavy atom. The third kappa shape index (κ3) is 7.14. The van der Waals surface area contributed by atoms with Crippen molar-refractivity contribution in [1.82, 2.24) is 0 Å². The predicted molar refractivity (Wildman–Crippen MR) is 128 cm³/mol. The Kier molecular flexibility index (Phi) is 8.75. The number of hydrogen-bond donors (Lipinski definition) is 1. The molecule has 0 aliphatic heterocycles. The van der Waals surface area contributed by atoms with Crippen LogP contribution in [0.5, 0.6) is 0 Å². The average molecular weight is 557 g/mol. The Labute approximate surface area is 215 Å². The molecular weight excluding hydrogens is 528 g/mol. The van der Waals surface area contributed by atoms with Gasteiger partial charge in [0.2, 0.25) is 0 Å². The summed E-state index contributed by atoms with van der Waals surface area (Å²) in [5.74, 6) is -1.75. The van der Waals surface area contributed by atoms with Gasteiger partial charge in [-0.05, 0) is 38.1 Å². The molecule has 11 nitrogen and oxygen atoms in total. The minimum atomic E-state index is -4.45. The second-order valence-corrected chi connectivity index (χ2v) is 11.8. The predicted octanol–water partition coefficient (Wildman–Crippen LogP) is 1.78. The summed E-state index contributed by atoms with van der Waals surface area (Å²) < 4.78 is 72.8. The van der Waals surface area contributed by atoms with E-state index >= 15 is 0 Å². The van der Waals surface area contributed by atoms with Crippen LogP contribution < -0.4 is 0 Å². The molecular formula is C24H28O11S2. The molecule has 1 saturated carbocycles. The summed E-state index contributed by atoms with van der Waals surface area (Å²) in [4.78, 5) is 23.1. The van der Waals surface area contributed by atoms with Crippen LogP contribution in [0.4, 0.5) is 0 Å². The van der Waals surface area contributed by atoms with Crippen LogP contribution in [-0.4, -0.2) is 64.4 Å². The number of esters is 2. The van der Waals surface area contributed by atoms with Gasteiger partial charge >= 0.3 is 11.9 Å². The molecule has 13 heteroatoms. The van der Waals surface area contributed by atoms with Crippen LogP contribution in [0.1, 0.15) is 31.4 Å². The van der Waals surface area contributed by atoms with Crippen molar-refractivity contribution >= 4 is 32.2 Å². The second kappa shape index (κ2) is 11.3. The Balaban J connectivity index is 1.99. The highest BCUT2D eigenvalue weighted by molar-refractivity contribution is 7.87. The van der Waals surface area contributed by atoms with Gasteiger partial charge in [-0.25, -0.2) is 0 Å². The number of rotatable bonds is 8. The molecule has 3 rings (SSSR count). The summed E-state index contributed by atoms with van der Waals surface area (Å²) in [6, 6.07) is 11.4. The molecule has 5 atom stereocenters. The minimum absolute atomic E-state index is 0.207. The van der Waals surface area contributed by atoms with E-state index in [9.17, 15) is 31.5 Å². The summed E-state index contributed by atoms with van der Waals surface area (Å²) in [7, 11) is -8.90. The normalized spacial score (nSPS) is 24.3. The first-order chi connectivity index (χ1) is 17.2. The fourth-order valence-electron chi connectivity index (χ4n) is 3.83. The molecule has 1 unspecified atom stereocenters. The molecule has 1 aliphatic carbocycles. The first-order valence-electron chi connectivity index (χ1n) is 11.2. The maximum Gasteiger partial charge on any atom is 0.303 e. The molecule has 0 aromatic heterocycles. The van der Waals surface area contributed by atoms with E-state index in [2.05, 4.69) is 0 Å². The number of hydrogen-bond acceptors (Lipinski definition) is 11. The van der Waals surface area contributed by atoms with E-state index in [1.807, 2.05) is 0 Å². The Bertz CT molecular complexity index is 1230. The first-order valence-corrected chi connectivity index (χ1v) is 14.0. The highest BCUT2D eigenvalue weighted by atomic mass is 32.2. The topological polar surface area (TPSA) is 160 Å². The molecule has 1 aliphatic rings. The largest absolute Gasteiger partial charge is 0.457 e. The molecule has 1 fully saturated rings. The third-order valence-electron chi connectivity index (χ3n) is 5.59. The van der Waals surface area contributed by atoms with Crippen LogP contribution in [0.15, 0.2) is 58.3 Å². The monoisotopic (exact) mass is 556 g/mol. The van der Waals surface area contributed by atoms with Gasteiger partial charge in [0.25, 0.3) is 20.2 Å². The lowest BCUT2D eigenvalue weighted by atomic mass is 9.87. The van der Waals surface area contributed by atoms with Gasteiger partial charge in [0.1, 0.15) is 18.3 Å². The first kappa shape index (κ1) is 28.7. The molecule has 1 N–H and O–H groups in total. The van der Waals surface area contributed by atoms with Gasteiger partial charge in [-0.1, -0.05) is 35.4 Å². The zero-order valence-electron chi connectivity index (χ0n) is 20.6. The van der Waals surface area contributed by atoms with Crippen LogP contribution >= 0.6 is 0 Å². The zero-order chi connectivity index (χ0) is 27.5. The van der Waals surface area contributed by atoms with Crippen LogP contribution in [0.25, 0.3) is 0 Å². The van der Waals surface area contributed by atoms with Gasteiger partial charge in [-0.2, -0.15) is 16.8 Å². The third-order valence-corrected chi connectivity index (χ3v) is 8.29. The second-order valence-electron chi connectivity index (χ2n) is 8.68. The van der Waals surface area contributed by atoms with Crippen molar-refractivity contribution < 1.29 is 49.4 Å². The number of carbonyl (C=O) groups is 2. The average Bonchev–Trinajstić information content (AvgIpc) is 2.79. The number of carbonyl (C=O) groups excluding carboxylic acids is 2. The maximum absolute atomic E-state index is 13.0. The Morgan fingerprint density at radius 1 is 0.703 bits per heavy atom. The summed E-state index contributed by atoms with van der Waals surface area (Å²) in [6.45, 7) is 5.58. The Hall–Kier alpha value is -2.84. The molecule has 202 valence electrons. The highest BCUT2D eigenvalue weighted by Gasteiger charge is 2.52. The lowest BCUT2D eigenvalue weighted by molar-refractivity contribution is -0.203. The minimum Gasteiger partial charge on any atom is -0.457 e. The van der Waals surface area contributed by atoms with Crippen molar-refractivity contribution in [3.63, 3.8) is 0 Å². The summed E-state index contributed by atoms with van der Waals surface area (Å²) in [5, 5.41) is 11.0. The van der Waals surface area contributed by atoms with Crippen LogP contribution in [0.3, 0.4) is 0 Å². The van der Waals surface area contributed by atoms with E-state index in [0.29, 0.717) is 0 Å². The number of aliphatic hydroxyl groups excluding tert-OH is 1. The molecule has 0 saturated heterocycles. The quantitative estimate of drug-likeness (QED) is 0.373. The number of ether oxygens (including phenoxy) is 2. The highest BCUT2D eigenvalue weighted by Crippen LogP contribution is 2.33. The lowest BCUT2D eigenvalue weighted by Gasteiger charge is -2.42. The summed E-state index contributed by atoms with van der Waals surface area (Å²) in [5.41, 5.74) is 1.59. The lowest BCUT2D eigenvalue weighted by Crippen LogP contribution is -2.60. The van der Waals surface area contributed by atoms with Crippen molar-refractivity contribution in [2.75, 3.05) is 0 Å². The molecule has 0 radical (unpaired) electrons. The molecule has 2 aromatic carbocycles. The van der Waals surface area contributed by atoms with Crippen molar-refractivity contribution in [3.8, 4) is 0 Å². The molecule has 37 heavy (non-hydrogen) atoms. The van der Waals surface area contributed by atoms with E-state index in [-0.39, 0.29) is 9.79 Å². The van der Waals surface area contributed by atoms with Gasteiger partial charge in [-0.3, -0.25) is 18.0 Å². The van der Waals surface area contributed by atoms with E-state index in [4.69, 9.17) is 17.8 Å². The summed E-state index contributed by atoms with van der Waals surface area (Å²) in [6.07, 6.45) is -8.79. The van der Waals surface area contributed by atoms with Crippen molar-refractivity contribution in [3.05, 3.63) is 59.7 Å². The van der Waals surface area contributed by atoms with Gasteiger partial charge in [-0.15, -0.1) is 0 Å². The van der Waals surface area contributed by atoms with Crippen LogP contribution in [-0.2, 0) is 47.7 Å². The van der Waals surface area contributed by atoms with E-state index < -0.39 is 69.1 Å². The van der Waals surface area contributed by atoms with Crippen LogP contribution in [0.2, 0.25) is 0 Å². The smallest absolute Gasteiger partial charge is 0.303 e. The molecule has 0 heterocycles. The summed E-state index contributed by atoms with van der Waals surface area (Å²) >= 11 is 0. The standard InChI is InChI=1S/C24H28O11S2/c1-14-5-9-18(10-6-14)36(28,29)34-20-13-21(35-37(30,31)19-11-7-15(2)8-12-19)24(33-17(4)26)22(27)23(20)32-16(3)25/h5-12,20-24,27H,13H2,1-4H3/t20-,21+,22?,23+,24-. The van der Waals surface area contributed by atoms with Crippen molar-refractivity contribution in [2.45, 2.75) is 74.4 Å². The molecule has 2 aromatic rings. The SMILES string of the molecule is CC(=O)O[C@@H]1C(O)[C@H](OC(C)=O)[C@@H](OS(=O)(=O)c2ccc(C)cc2)C[C@H]1OS(=O)(=O)c1ccc(C)cc1. The molecule has 0 bridgehead atoms. The maximum atomic E-state index is 13.0. The van der Waals surface area contributed by atoms with E-state index in [1.54, 1.807) is 38.1 Å². The van der Waals surface area contributed by atoms with Crippen molar-refractivity contribution in [2.24, 2.45) is 0 Å². The van der Waals surface area contributed by atoms with Crippen molar-refractivity contribution in [1.29, 1.82) is 0 Å². The van der Waals surface area contributed by atoms with Gasteiger partial charge in [0.15, 0.2) is 12.2 Å². The Morgan fingerprint density at radius 2 is 1.03 bits per heavy atom. The van der Waals surface area contributed by atoms with E-state index in [1.165, 1.54) is 24.3 Å². The molecule has 0 spiro atoms. The fourth-order valence-corrected chi connectivity index (χ4v) is 6.02. The van der Waals surface area contributed by atoms with Gasteiger partial charge in [0, 0.05) is 20.3 Å².